The average Bonchev–Trinajstić information content (AvgIpc) is 2.93. The fourth-order valence-electron chi connectivity index (χ4n) is 3.71. The van der Waals surface area contributed by atoms with Crippen LogP contribution in [0.3, 0.4) is 0 Å². The Morgan fingerprint density at radius 2 is 2.30 bits per heavy atom. The van der Waals surface area contributed by atoms with E-state index in [9.17, 15) is 9.90 Å². The second-order valence-electron chi connectivity index (χ2n) is 6.04. The van der Waals surface area contributed by atoms with Crippen LogP contribution in [0.5, 0.6) is 0 Å². The van der Waals surface area contributed by atoms with Gasteiger partial charge in [-0.3, -0.25) is 9.69 Å². The second kappa shape index (κ2) is 6.87. The van der Waals surface area contributed by atoms with Crippen molar-refractivity contribution in [3.8, 4) is 0 Å². The minimum Gasteiger partial charge on any atom is -0.480 e. The Bertz CT molecular complexity index is 331. The maximum Gasteiger partial charge on any atom is 0.323 e. The number of carboxylic acids is 1. The van der Waals surface area contributed by atoms with Crippen LogP contribution in [0, 0.1) is 0 Å². The van der Waals surface area contributed by atoms with E-state index in [1.54, 1.807) is 7.05 Å². The number of morpholine rings is 1. The third kappa shape index (κ3) is 3.15. The molecule has 1 saturated carbocycles. The molecule has 0 radical (unpaired) electrons. The monoisotopic (exact) mass is 284 g/mol. The molecule has 0 aromatic carbocycles. The van der Waals surface area contributed by atoms with Crippen molar-refractivity contribution in [3.63, 3.8) is 0 Å². The number of nitrogens with zero attached hydrogens (tertiary/aromatic N) is 1. The van der Waals surface area contributed by atoms with Crippen LogP contribution in [-0.2, 0) is 9.53 Å². The molecular formula is C15H28N2O3. The lowest BCUT2D eigenvalue weighted by Crippen LogP contribution is -2.51. The number of likely N-dealkylation sites (N-methyl/N-ethyl adjacent to an activating group) is 1. The minimum atomic E-state index is -0.763. The first-order valence-corrected chi connectivity index (χ1v) is 7.91. The Labute approximate surface area is 121 Å². The van der Waals surface area contributed by atoms with Crippen molar-refractivity contribution in [1.82, 2.24) is 10.2 Å². The summed E-state index contributed by atoms with van der Waals surface area (Å²) in [7, 11) is 1.75. The molecule has 3 atom stereocenters. The fraction of sp³-hybridized carbons (Fsp3) is 0.933. The highest BCUT2D eigenvalue weighted by atomic mass is 16.5. The molecule has 0 bridgehead atoms. The Morgan fingerprint density at radius 3 is 2.95 bits per heavy atom. The van der Waals surface area contributed by atoms with Gasteiger partial charge in [0.1, 0.15) is 5.54 Å². The third-order valence-electron chi connectivity index (χ3n) is 5.14. The molecule has 0 aromatic rings. The number of hydrogen-bond acceptors (Lipinski definition) is 4. The van der Waals surface area contributed by atoms with E-state index in [0.717, 1.165) is 26.1 Å². The minimum absolute atomic E-state index is 0.420. The van der Waals surface area contributed by atoms with Crippen LogP contribution >= 0.6 is 0 Å². The normalized spacial score (nSPS) is 29.9. The third-order valence-corrected chi connectivity index (χ3v) is 5.14. The molecule has 0 amide bonds. The van der Waals surface area contributed by atoms with Gasteiger partial charge in [-0.1, -0.05) is 6.92 Å². The molecule has 3 unspecified atom stereocenters. The summed E-state index contributed by atoms with van der Waals surface area (Å²) in [5, 5.41) is 12.4. The van der Waals surface area contributed by atoms with Crippen molar-refractivity contribution in [2.45, 2.75) is 63.1 Å². The van der Waals surface area contributed by atoms with Crippen molar-refractivity contribution in [3.05, 3.63) is 0 Å². The predicted molar refractivity (Wildman–Crippen MR) is 77.9 cm³/mol. The molecule has 1 aliphatic heterocycles. The van der Waals surface area contributed by atoms with Gasteiger partial charge in [0.2, 0.25) is 0 Å². The Morgan fingerprint density at radius 1 is 1.50 bits per heavy atom. The molecule has 2 fully saturated rings. The molecule has 5 heteroatoms. The number of nitrogens with one attached hydrogen (secondary N) is 1. The van der Waals surface area contributed by atoms with E-state index < -0.39 is 11.5 Å². The van der Waals surface area contributed by atoms with E-state index in [1.165, 1.54) is 19.3 Å². The standard InChI is InChI=1S/C15H28N2O3/c1-3-15(16-2,14(18)19)8-5-9-17-10-11-20-13-7-4-6-12(13)17/h12-13,16H,3-11H2,1-2H3,(H,18,19). The molecule has 2 aliphatic rings. The van der Waals surface area contributed by atoms with Gasteiger partial charge in [-0.15, -0.1) is 0 Å². The first-order valence-electron chi connectivity index (χ1n) is 7.91. The molecule has 1 aliphatic carbocycles. The first kappa shape index (κ1) is 15.7. The number of rotatable bonds is 7. The van der Waals surface area contributed by atoms with Crippen molar-refractivity contribution in [2.24, 2.45) is 0 Å². The van der Waals surface area contributed by atoms with E-state index in [-0.39, 0.29) is 0 Å². The summed E-state index contributed by atoms with van der Waals surface area (Å²) in [5.41, 5.74) is -0.763. The average molecular weight is 284 g/mol. The summed E-state index contributed by atoms with van der Waals surface area (Å²) in [4.78, 5) is 14.0. The number of hydrogen-bond donors (Lipinski definition) is 2. The van der Waals surface area contributed by atoms with Crippen molar-refractivity contribution in [1.29, 1.82) is 0 Å². The fourth-order valence-corrected chi connectivity index (χ4v) is 3.71. The molecule has 5 nitrogen and oxygen atoms in total. The van der Waals surface area contributed by atoms with Crippen LogP contribution in [0.25, 0.3) is 0 Å². The lowest BCUT2D eigenvalue weighted by atomic mass is 9.90. The van der Waals surface area contributed by atoms with Gasteiger partial charge in [0.15, 0.2) is 0 Å². The molecule has 2 N–H and O–H groups in total. The topological polar surface area (TPSA) is 61.8 Å². The van der Waals surface area contributed by atoms with Crippen molar-refractivity contribution in [2.75, 3.05) is 26.7 Å². The maximum absolute atomic E-state index is 11.5. The predicted octanol–water partition coefficient (Wildman–Crippen LogP) is 1.47. The van der Waals surface area contributed by atoms with Crippen LogP contribution in [0.2, 0.25) is 0 Å². The molecule has 1 saturated heterocycles. The number of aliphatic carboxylic acids is 1. The van der Waals surface area contributed by atoms with Gasteiger partial charge in [0.05, 0.1) is 12.7 Å². The van der Waals surface area contributed by atoms with Gasteiger partial charge in [0.25, 0.3) is 0 Å². The van der Waals surface area contributed by atoms with Crippen molar-refractivity contribution >= 4 is 5.97 Å². The van der Waals surface area contributed by atoms with Gasteiger partial charge in [0, 0.05) is 12.6 Å². The molecule has 2 rings (SSSR count). The first-order chi connectivity index (χ1) is 9.63. The molecule has 20 heavy (non-hydrogen) atoms. The number of ether oxygens (including phenoxy) is 1. The van der Waals surface area contributed by atoms with E-state index >= 15 is 0 Å². The quantitative estimate of drug-likeness (QED) is 0.741. The summed E-state index contributed by atoms with van der Waals surface area (Å²) in [5.74, 6) is -0.733. The summed E-state index contributed by atoms with van der Waals surface area (Å²) in [6, 6.07) is 0.569. The highest BCUT2D eigenvalue weighted by molar-refractivity contribution is 5.78. The van der Waals surface area contributed by atoms with Gasteiger partial charge < -0.3 is 15.2 Å². The van der Waals surface area contributed by atoms with Gasteiger partial charge in [-0.25, -0.2) is 0 Å². The highest BCUT2D eigenvalue weighted by Gasteiger charge is 2.37. The summed E-state index contributed by atoms with van der Waals surface area (Å²) >= 11 is 0. The summed E-state index contributed by atoms with van der Waals surface area (Å²) < 4.78 is 5.81. The smallest absolute Gasteiger partial charge is 0.323 e. The van der Waals surface area contributed by atoms with Gasteiger partial charge in [-0.2, -0.15) is 0 Å². The lowest BCUT2D eigenvalue weighted by molar-refractivity contribution is -0.145. The highest BCUT2D eigenvalue weighted by Crippen LogP contribution is 2.30. The van der Waals surface area contributed by atoms with E-state index in [1.807, 2.05) is 6.92 Å². The van der Waals surface area contributed by atoms with Crippen molar-refractivity contribution < 1.29 is 14.6 Å². The maximum atomic E-state index is 11.5. The largest absolute Gasteiger partial charge is 0.480 e. The number of carboxylic acid groups (broad SMARTS) is 1. The molecule has 0 aromatic heterocycles. The second-order valence-corrected chi connectivity index (χ2v) is 6.04. The Balaban J connectivity index is 1.84. The molecule has 116 valence electrons. The molecule has 0 spiro atoms. The summed E-state index contributed by atoms with van der Waals surface area (Å²) in [6.07, 6.45) is 6.32. The zero-order chi connectivity index (χ0) is 14.6. The van der Waals surface area contributed by atoms with E-state index in [0.29, 0.717) is 25.0 Å². The zero-order valence-electron chi connectivity index (χ0n) is 12.7. The Kier molecular flexibility index (Phi) is 5.41. The van der Waals surface area contributed by atoms with Crippen LogP contribution in [0.15, 0.2) is 0 Å². The zero-order valence-corrected chi connectivity index (χ0v) is 12.7. The lowest BCUT2D eigenvalue weighted by Gasteiger charge is -2.38. The van der Waals surface area contributed by atoms with Crippen LogP contribution in [-0.4, -0.2) is 60.4 Å². The SMILES string of the molecule is CCC(CCCN1CCOC2CCCC21)(NC)C(=O)O. The Hall–Kier alpha value is -0.650. The number of fused-ring (bicyclic) bond motifs is 1. The van der Waals surface area contributed by atoms with E-state index in [2.05, 4.69) is 10.2 Å². The van der Waals surface area contributed by atoms with Crippen LogP contribution in [0.1, 0.15) is 45.4 Å². The summed E-state index contributed by atoms with van der Waals surface area (Å²) in [6.45, 7) is 4.74. The van der Waals surface area contributed by atoms with Gasteiger partial charge >= 0.3 is 5.97 Å². The van der Waals surface area contributed by atoms with Crippen LogP contribution in [0.4, 0.5) is 0 Å². The van der Waals surface area contributed by atoms with Crippen LogP contribution < -0.4 is 5.32 Å². The molecular weight excluding hydrogens is 256 g/mol. The van der Waals surface area contributed by atoms with Gasteiger partial charge in [-0.05, 0) is 52.1 Å². The molecule has 1 heterocycles. The number of carbonyl (C=O) groups is 1. The van der Waals surface area contributed by atoms with E-state index in [4.69, 9.17) is 4.74 Å².